The maximum absolute atomic E-state index is 2.43. The van der Waals surface area contributed by atoms with Crippen LogP contribution in [0.25, 0.3) is 99.1 Å². The number of hydrogen-bond donors (Lipinski definition) is 0. The molecule has 0 saturated heterocycles. The number of benzene rings is 10. The highest BCUT2D eigenvalue weighted by molar-refractivity contribution is 6.21. The fourth-order valence-electron chi connectivity index (χ4n) is 9.70. The molecule has 0 aromatic heterocycles. The first-order valence-electron chi connectivity index (χ1n) is 20.0. The summed E-state index contributed by atoms with van der Waals surface area (Å²) in [5, 5.41) is 7.72. The Hall–Kier alpha value is -7.02. The van der Waals surface area contributed by atoms with Crippen molar-refractivity contribution in [2.75, 3.05) is 0 Å². The van der Waals surface area contributed by atoms with Crippen molar-refractivity contribution < 1.29 is 0 Å². The van der Waals surface area contributed by atoms with Crippen molar-refractivity contribution in [2.24, 2.45) is 0 Å². The smallest absolute Gasteiger partial charge is 0.0165 e. The zero-order chi connectivity index (χ0) is 38.1. The third-order valence-electron chi connectivity index (χ3n) is 12.5. The number of rotatable bonds is 5. The van der Waals surface area contributed by atoms with Gasteiger partial charge in [0.15, 0.2) is 0 Å². The molecular weight excluding hydrogens is 685 g/mol. The molecule has 1 aliphatic rings. The highest BCUT2D eigenvalue weighted by atomic mass is 14.4. The van der Waals surface area contributed by atoms with Gasteiger partial charge in [0.25, 0.3) is 0 Å². The van der Waals surface area contributed by atoms with Crippen molar-refractivity contribution >= 4 is 32.3 Å². The number of fused-ring (bicyclic) bond motifs is 7. The van der Waals surface area contributed by atoms with Crippen LogP contribution in [0.15, 0.2) is 206 Å². The molecule has 0 heteroatoms. The van der Waals surface area contributed by atoms with Crippen LogP contribution in [0.2, 0.25) is 0 Å². The van der Waals surface area contributed by atoms with Crippen LogP contribution in [-0.2, 0) is 5.41 Å². The van der Waals surface area contributed by atoms with Gasteiger partial charge in [-0.2, -0.15) is 0 Å². The van der Waals surface area contributed by atoms with E-state index in [0.29, 0.717) is 0 Å². The zero-order valence-electron chi connectivity index (χ0n) is 32.1. The predicted octanol–water partition coefficient (Wildman–Crippen LogP) is 15.8. The molecule has 0 fully saturated rings. The zero-order valence-corrected chi connectivity index (χ0v) is 32.1. The van der Waals surface area contributed by atoms with E-state index in [1.807, 2.05) is 0 Å². The molecule has 10 aromatic rings. The van der Waals surface area contributed by atoms with Crippen LogP contribution in [0, 0.1) is 0 Å². The molecule has 0 bridgehead atoms. The quantitative estimate of drug-likeness (QED) is 0.155. The molecule has 0 saturated carbocycles. The summed E-state index contributed by atoms with van der Waals surface area (Å²) in [6.45, 7) is 4.77. The van der Waals surface area contributed by atoms with Crippen molar-refractivity contribution in [3.05, 3.63) is 217 Å². The van der Waals surface area contributed by atoms with Crippen LogP contribution < -0.4 is 0 Å². The van der Waals surface area contributed by atoms with Crippen LogP contribution in [0.3, 0.4) is 0 Å². The molecule has 0 aliphatic heterocycles. The van der Waals surface area contributed by atoms with Crippen LogP contribution in [-0.4, -0.2) is 0 Å². The van der Waals surface area contributed by atoms with Gasteiger partial charge in [-0.15, -0.1) is 0 Å². The summed E-state index contributed by atoms with van der Waals surface area (Å²) in [4.78, 5) is 0. The predicted molar refractivity (Wildman–Crippen MR) is 244 cm³/mol. The molecule has 11 rings (SSSR count). The summed E-state index contributed by atoms with van der Waals surface area (Å²) in [7, 11) is 0. The minimum absolute atomic E-state index is 0.0897. The van der Waals surface area contributed by atoms with Gasteiger partial charge < -0.3 is 0 Å². The maximum atomic E-state index is 2.43. The molecule has 0 nitrogen and oxygen atoms in total. The average molecular weight is 725 g/mol. The van der Waals surface area contributed by atoms with E-state index in [1.165, 1.54) is 110 Å². The van der Waals surface area contributed by atoms with Crippen molar-refractivity contribution in [3.8, 4) is 66.8 Å². The Bertz CT molecular complexity index is 3110. The van der Waals surface area contributed by atoms with Gasteiger partial charge in [0, 0.05) is 5.41 Å². The molecule has 0 amide bonds. The first-order chi connectivity index (χ1) is 28.0. The van der Waals surface area contributed by atoms with Gasteiger partial charge in [-0.05, 0) is 122 Å². The standard InChI is InChI=1S/C57H40/c1-57(2)53-36-44(32-33-47(53)52-34-31-41-15-6-7-18-46(41)56(52)57)40-27-29-42(30-28-40)54-48-19-8-10-21-50(48)55(51-22-11-9-20-49(51)54)45-17-12-16-43(35-45)39-25-23-38(24-26-39)37-13-4-3-5-14-37/h3-36H,1-2H3. The normalized spacial score (nSPS) is 12.9. The van der Waals surface area contributed by atoms with E-state index in [-0.39, 0.29) is 5.41 Å². The molecule has 268 valence electrons. The van der Waals surface area contributed by atoms with Crippen molar-refractivity contribution in [2.45, 2.75) is 19.3 Å². The summed E-state index contributed by atoms with van der Waals surface area (Å²) >= 11 is 0. The summed E-state index contributed by atoms with van der Waals surface area (Å²) in [5.74, 6) is 0. The van der Waals surface area contributed by atoms with E-state index < -0.39 is 0 Å². The Morgan fingerprint density at radius 3 is 1.33 bits per heavy atom. The SMILES string of the molecule is CC1(C)c2cc(-c3ccc(-c4c5ccccc5c(-c5cccc(-c6ccc(-c7ccccc7)cc6)c5)c5ccccc45)cc3)ccc2-c2ccc3ccccc3c21. The molecule has 0 atom stereocenters. The summed E-state index contributed by atoms with van der Waals surface area (Å²) in [6, 6.07) is 76.2. The minimum atomic E-state index is -0.0897. The topological polar surface area (TPSA) is 0 Å². The van der Waals surface area contributed by atoms with Crippen molar-refractivity contribution in [1.82, 2.24) is 0 Å². The lowest BCUT2D eigenvalue weighted by atomic mass is 9.79. The molecule has 0 radical (unpaired) electrons. The lowest BCUT2D eigenvalue weighted by Crippen LogP contribution is -2.15. The third-order valence-corrected chi connectivity index (χ3v) is 12.5. The van der Waals surface area contributed by atoms with Crippen LogP contribution in [0.1, 0.15) is 25.0 Å². The Balaban J connectivity index is 0.986. The maximum Gasteiger partial charge on any atom is 0.0165 e. The van der Waals surface area contributed by atoms with Gasteiger partial charge in [0.1, 0.15) is 0 Å². The average Bonchev–Trinajstić information content (AvgIpc) is 3.51. The second-order valence-corrected chi connectivity index (χ2v) is 16.0. The van der Waals surface area contributed by atoms with Crippen LogP contribution in [0.5, 0.6) is 0 Å². The molecule has 1 aliphatic carbocycles. The Morgan fingerprint density at radius 1 is 0.281 bits per heavy atom. The van der Waals surface area contributed by atoms with E-state index in [2.05, 4.69) is 220 Å². The highest BCUT2D eigenvalue weighted by Crippen LogP contribution is 2.52. The molecule has 0 heterocycles. The third kappa shape index (κ3) is 5.36. The second-order valence-electron chi connectivity index (χ2n) is 16.0. The van der Waals surface area contributed by atoms with E-state index >= 15 is 0 Å². The van der Waals surface area contributed by atoms with Crippen molar-refractivity contribution in [3.63, 3.8) is 0 Å². The molecule has 0 unspecified atom stereocenters. The molecular formula is C57H40. The first kappa shape index (κ1) is 33.3. The van der Waals surface area contributed by atoms with Gasteiger partial charge >= 0.3 is 0 Å². The highest BCUT2D eigenvalue weighted by Gasteiger charge is 2.37. The van der Waals surface area contributed by atoms with E-state index in [9.17, 15) is 0 Å². The van der Waals surface area contributed by atoms with Gasteiger partial charge in [-0.1, -0.05) is 208 Å². The van der Waals surface area contributed by atoms with E-state index in [1.54, 1.807) is 0 Å². The van der Waals surface area contributed by atoms with Crippen LogP contribution in [0.4, 0.5) is 0 Å². The lowest BCUT2D eigenvalue weighted by Gasteiger charge is -2.23. The lowest BCUT2D eigenvalue weighted by molar-refractivity contribution is 0.666. The van der Waals surface area contributed by atoms with Gasteiger partial charge in [0.2, 0.25) is 0 Å². The molecule has 0 N–H and O–H groups in total. The van der Waals surface area contributed by atoms with Gasteiger partial charge in [0.05, 0.1) is 0 Å². The monoisotopic (exact) mass is 724 g/mol. The largest absolute Gasteiger partial charge is 0.0622 e. The van der Waals surface area contributed by atoms with Crippen molar-refractivity contribution in [1.29, 1.82) is 0 Å². The molecule has 0 spiro atoms. The molecule has 57 heavy (non-hydrogen) atoms. The number of hydrogen-bond acceptors (Lipinski definition) is 0. The molecule has 10 aromatic carbocycles. The van der Waals surface area contributed by atoms with E-state index in [4.69, 9.17) is 0 Å². The summed E-state index contributed by atoms with van der Waals surface area (Å²) in [5.41, 5.74) is 17.9. The Labute approximate surface area is 334 Å². The second kappa shape index (κ2) is 13.0. The van der Waals surface area contributed by atoms with Gasteiger partial charge in [-0.25, -0.2) is 0 Å². The summed E-state index contributed by atoms with van der Waals surface area (Å²) in [6.07, 6.45) is 0. The fraction of sp³-hybridized carbons (Fsp3) is 0.0526. The fourth-order valence-corrected chi connectivity index (χ4v) is 9.70. The first-order valence-corrected chi connectivity index (χ1v) is 20.0. The van der Waals surface area contributed by atoms with Crippen LogP contribution >= 0.6 is 0 Å². The van der Waals surface area contributed by atoms with Gasteiger partial charge in [-0.3, -0.25) is 0 Å². The summed E-state index contributed by atoms with van der Waals surface area (Å²) < 4.78 is 0. The Kier molecular flexibility index (Phi) is 7.63. The van der Waals surface area contributed by atoms with E-state index in [0.717, 1.165) is 0 Å². The Morgan fingerprint density at radius 2 is 0.702 bits per heavy atom. The minimum Gasteiger partial charge on any atom is -0.0622 e.